The molecule has 0 spiro atoms. The van der Waals surface area contributed by atoms with Gasteiger partial charge in [0.1, 0.15) is 0 Å². The third-order valence-corrected chi connectivity index (χ3v) is 2.77. The Kier molecular flexibility index (Phi) is 6.73. The van der Waals surface area contributed by atoms with E-state index in [9.17, 15) is 9.59 Å². The molecule has 0 unspecified atom stereocenters. The number of hydrogen-bond acceptors (Lipinski definition) is 3. The standard InChI is InChI=1S/C15H21NO4/c1-11(2)7-9-20-10-8-16-14(17)12-5-3-4-6-13(12)15(18)19/h3-6,11H,7-10H2,1-2H3,(H,16,17)(H,18,19). The van der Waals surface area contributed by atoms with Gasteiger partial charge in [0, 0.05) is 13.2 Å². The number of nitrogens with one attached hydrogen (secondary N) is 1. The number of carboxylic acid groups (broad SMARTS) is 1. The van der Waals surface area contributed by atoms with Crippen molar-refractivity contribution in [1.82, 2.24) is 5.32 Å². The molecule has 0 aromatic heterocycles. The van der Waals surface area contributed by atoms with Gasteiger partial charge in [0.25, 0.3) is 5.91 Å². The Morgan fingerprint density at radius 1 is 1.20 bits per heavy atom. The van der Waals surface area contributed by atoms with Crippen LogP contribution in [0.5, 0.6) is 0 Å². The van der Waals surface area contributed by atoms with Gasteiger partial charge in [-0.1, -0.05) is 26.0 Å². The van der Waals surface area contributed by atoms with E-state index in [4.69, 9.17) is 9.84 Å². The Morgan fingerprint density at radius 3 is 2.45 bits per heavy atom. The fourth-order valence-electron chi connectivity index (χ4n) is 1.62. The van der Waals surface area contributed by atoms with Crippen LogP contribution in [0.25, 0.3) is 0 Å². The van der Waals surface area contributed by atoms with Gasteiger partial charge in [-0.05, 0) is 24.5 Å². The Balaban J connectivity index is 2.38. The monoisotopic (exact) mass is 279 g/mol. The lowest BCUT2D eigenvalue weighted by Crippen LogP contribution is -2.28. The van der Waals surface area contributed by atoms with Crippen molar-refractivity contribution in [2.75, 3.05) is 19.8 Å². The lowest BCUT2D eigenvalue weighted by atomic mass is 10.1. The summed E-state index contributed by atoms with van der Waals surface area (Å²) in [6.07, 6.45) is 0.982. The Hall–Kier alpha value is -1.88. The van der Waals surface area contributed by atoms with Crippen molar-refractivity contribution in [1.29, 1.82) is 0 Å². The van der Waals surface area contributed by atoms with Crippen molar-refractivity contribution in [3.63, 3.8) is 0 Å². The number of amides is 1. The first kappa shape index (κ1) is 16.2. The topological polar surface area (TPSA) is 75.6 Å². The van der Waals surface area contributed by atoms with Crippen molar-refractivity contribution < 1.29 is 19.4 Å². The predicted octanol–water partition coefficient (Wildman–Crippen LogP) is 2.18. The minimum Gasteiger partial charge on any atom is -0.478 e. The number of rotatable bonds is 8. The molecule has 0 heterocycles. The third kappa shape index (κ3) is 5.40. The normalized spacial score (nSPS) is 10.6. The highest BCUT2D eigenvalue weighted by molar-refractivity contribution is 6.04. The highest BCUT2D eigenvalue weighted by atomic mass is 16.5. The highest BCUT2D eigenvalue weighted by Crippen LogP contribution is 2.08. The molecule has 0 aliphatic rings. The SMILES string of the molecule is CC(C)CCOCCNC(=O)c1ccccc1C(=O)O. The summed E-state index contributed by atoms with van der Waals surface area (Å²) >= 11 is 0. The molecule has 1 aromatic rings. The second-order valence-corrected chi connectivity index (χ2v) is 4.90. The van der Waals surface area contributed by atoms with E-state index >= 15 is 0 Å². The maximum atomic E-state index is 11.9. The molecule has 1 rings (SSSR count). The fourth-order valence-corrected chi connectivity index (χ4v) is 1.62. The van der Waals surface area contributed by atoms with E-state index in [0.717, 1.165) is 6.42 Å². The molecular formula is C15H21NO4. The summed E-state index contributed by atoms with van der Waals surface area (Å²) in [6.45, 7) is 5.69. The van der Waals surface area contributed by atoms with E-state index < -0.39 is 11.9 Å². The molecule has 2 N–H and O–H groups in total. The van der Waals surface area contributed by atoms with Crippen molar-refractivity contribution in [2.24, 2.45) is 5.92 Å². The van der Waals surface area contributed by atoms with E-state index in [1.807, 2.05) is 0 Å². The number of ether oxygens (including phenoxy) is 1. The van der Waals surface area contributed by atoms with Gasteiger partial charge in [0.2, 0.25) is 0 Å². The van der Waals surface area contributed by atoms with Crippen LogP contribution >= 0.6 is 0 Å². The first-order valence-electron chi connectivity index (χ1n) is 6.70. The molecule has 1 amide bonds. The second kappa shape index (κ2) is 8.32. The van der Waals surface area contributed by atoms with Gasteiger partial charge < -0.3 is 15.2 Å². The summed E-state index contributed by atoms with van der Waals surface area (Å²) in [7, 11) is 0. The van der Waals surface area contributed by atoms with Gasteiger partial charge in [0.05, 0.1) is 17.7 Å². The quantitative estimate of drug-likeness (QED) is 0.715. The molecule has 0 fully saturated rings. The summed E-state index contributed by atoms with van der Waals surface area (Å²) < 4.78 is 5.38. The van der Waals surface area contributed by atoms with Gasteiger partial charge >= 0.3 is 5.97 Å². The van der Waals surface area contributed by atoms with Crippen molar-refractivity contribution >= 4 is 11.9 Å². The molecule has 0 aliphatic carbocycles. The molecule has 0 radical (unpaired) electrons. The average Bonchev–Trinajstić information content (AvgIpc) is 2.42. The maximum absolute atomic E-state index is 11.9. The molecule has 5 nitrogen and oxygen atoms in total. The molecular weight excluding hydrogens is 258 g/mol. The van der Waals surface area contributed by atoms with Crippen LogP contribution in [0, 0.1) is 5.92 Å². The number of carbonyl (C=O) groups is 2. The van der Waals surface area contributed by atoms with E-state index in [0.29, 0.717) is 25.7 Å². The second-order valence-electron chi connectivity index (χ2n) is 4.90. The minimum absolute atomic E-state index is 0.00530. The average molecular weight is 279 g/mol. The summed E-state index contributed by atoms with van der Waals surface area (Å²) in [5.41, 5.74) is 0.174. The Morgan fingerprint density at radius 2 is 1.85 bits per heavy atom. The molecule has 0 bridgehead atoms. The summed E-state index contributed by atoms with van der Waals surface area (Å²) in [5, 5.41) is 11.7. The van der Waals surface area contributed by atoms with Crippen LogP contribution in [0.1, 0.15) is 41.0 Å². The Bertz CT molecular complexity index is 457. The van der Waals surface area contributed by atoms with Gasteiger partial charge in [-0.25, -0.2) is 4.79 Å². The van der Waals surface area contributed by atoms with Crippen molar-refractivity contribution in [3.05, 3.63) is 35.4 Å². The van der Waals surface area contributed by atoms with Crippen molar-refractivity contribution in [3.8, 4) is 0 Å². The van der Waals surface area contributed by atoms with E-state index in [1.165, 1.54) is 12.1 Å². The van der Waals surface area contributed by atoms with E-state index in [-0.39, 0.29) is 11.1 Å². The van der Waals surface area contributed by atoms with Crippen LogP contribution in [0.3, 0.4) is 0 Å². The molecule has 0 saturated heterocycles. The molecule has 1 aromatic carbocycles. The molecule has 5 heteroatoms. The molecule has 110 valence electrons. The maximum Gasteiger partial charge on any atom is 0.336 e. The van der Waals surface area contributed by atoms with Crippen LogP contribution in [-0.2, 0) is 4.74 Å². The third-order valence-electron chi connectivity index (χ3n) is 2.77. The molecule has 0 aliphatic heterocycles. The van der Waals surface area contributed by atoms with Gasteiger partial charge in [-0.15, -0.1) is 0 Å². The number of aromatic carboxylic acids is 1. The van der Waals surface area contributed by atoms with Crippen LogP contribution in [0.15, 0.2) is 24.3 Å². The largest absolute Gasteiger partial charge is 0.478 e. The van der Waals surface area contributed by atoms with Crippen LogP contribution in [-0.4, -0.2) is 36.7 Å². The van der Waals surface area contributed by atoms with E-state index in [1.54, 1.807) is 12.1 Å². The Labute approximate surface area is 118 Å². The van der Waals surface area contributed by atoms with Crippen LogP contribution in [0.2, 0.25) is 0 Å². The fraction of sp³-hybridized carbons (Fsp3) is 0.467. The number of carboxylic acids is 1. The zero-order valence-electron chi connectivity index (χ0n) is 11.9. The van der Waals surface area contributed by atoms with Gasteiger partial charge in [-0.2, -0.15) is 0 Å². The summed E-state index contributed by atoms with van der Waals surface area (Å²) in [5.74, 6) is -0.911. The van der Waals surface area contributed by atoms with Crippen LogP contribution in [0.4, 0.5) is 0 Å². The van der Waals surface area contributed by atoms with Crippen molar-refractivity contribution in [2.45, 2.75) is 20.3 Å². The van der Waals surface area contributed by atoms with Crippen LogP contribution < -0.4 is 5.32 Å². The summed E-state index contributed by atoms with van der Waals surface area (Å²) in [4.78, 5) is 22.9. The number of hydrogen-bond donors (Lipinski definition) is 2. The number of benzene rings is 1. The summed E-state index contributed by atoms with van der Waals surface area (Å²) in [6, 6.07) is 6.14. The zero-order valence-corrected chi connectivity index (χ0v) is 11.9. The molecule has 20 heavy (non-hydrogen) atoms. The van der Waals surface area contributed by atoms with E-state index in [2.05, 4.69) is 19.2 Å². The lowest BCUT2D eigenvalue weighted by Gasteiger charge is -2.09. The highest BCUT2D eigenvalue weighted by Gasteiger charge is 2.14. The minimum atomic E-state index is -1.11. The smallest absolute Gasteiger partial charge is 0.336 e. The molecule has 0 saturated carbocycles. The first-order valence-corrected chi connectivity index (χ1v) is 6.70. The molecule has 0 atom stereocenters. The number of carbonyl (C=O) groups excluding carboxylic acids is 1. The van der Waals surface area contributed by atoms with Gasteiger partial charge in [0.15, 0.2) is 0 Å². The first-order chi connectivity index (χ1) is 9.52. The zero-order chi connectivity index (χ0) is 15.0. The lowest BCUT2D eigenvalue weighted by molar-refractivity contribution is 0.0690. The predicted molar refractivity (Wildman–Crippen MR) is 76.0 cm³/mol. The van der Waals surface area contributed by atoms with Gasteiger partial charge in [-0.3, -0.25) is 4.79 Å².